The average Bonchev–Trinajstić information content (AvgIpc) is 3.03. The molecular formula is C19H19N3O6S. The third kappa shape index (κ3) is 3.82. The van der Waals surface area contributed by atoms with Crippen LogP contribution in [0.15, 0.2) is 44.4 Å². The molecule has 1 aliphatic rings. The SMILES string of the molecule is Cc1cc2[nH]c(=O)oc2cc1S(=O)(=O)NC[C@H](O)c1ccc2c(c1)CCC(=O)N2. The van der Waals surface area contributed by atoms with Gasteiger partial charge >= 0.3 is 5.76 Å². The van der Waals surface area contributed by atoms with E-state index in [0.29, 0.717) is 35.2 Å². The van der Waals surface area contributed by atoms with Gasteiger partial charge in [-0.15, -0.1) is 0 Å². The predicted molar refractivity (Wildman–Crippen MR) is 105 cm³/mol. The molecule has 0 aliphatic carbocycles. The molecule has 152 valence electrons. The van der Waals surface area contributed by atoms with E-state index in [-0.39, 0.29) is 22.9 Å². The quantitative estimate of drug-likeness (QED) is 0.493. The van der Waals surface area contributed by atoms with Crippen LogP contribution >= 0.6 is 0 Å². The number of fused-ring (bicyclic) bond motifs is 2. The molecule has 4 N–H and O–H groups in total. The lowest BCUT2D eigenvalue weighted by Gasteiger charge is -2.19. The summed E-state index contributed by atoms with van der Waals surface area (Å²) in [5.74, 6) is -0.718. The van der Waals surface area contributed by atoms with Crippen LogP contribution in [0.3, 0.4) is 0 Å². The number of sulfonamides is 1. The lowest BCUT2D eigenvalue weighted by atomic mass is 9.98. The smallest absolute Gasteiger partial charge is 0.408 e. The maximum absolute atomic E-state index is 12.7. The van der Waals surface area contributed by atoms with Gasteiger partial charge in [-0.25, -0.2) is 17.9 Å². The Balaban J connectivity index is 1.53. The van der Waals surface area contributed by atoms with Crippen LogP contribution in [0.5, 0.6) is 0 Å². The first-order valence-corrected chi connectivity index (χ1v) is 10.4. The number of oxazole rings is 1. The molecule has 0 unspecified atom stereocenters. The first-order valence-electron chi connectivity index (χ1n) is 8.97. The Labute approximate surface area is 165 Å². The van der Waals surface area contributed by atoms with Crippen molar-refractivity contribution < 1.29 is 22.7 Å². The molecule has 0 spiro atoms. The van der Waals surface area contributed by atoms with Crippen molar-refractivity contribution in [3.63, 3.8) is 0 Å². The van der Waals surface area contributed by atoms with Gasteiger partial charge in [0.1, 0.15) is 0 Å². The molecule has 1 atom stereocenters. The van der Waals surface area contributed by atoms with E-state index in [1.165, 1.54) is 12.1 Å². The topological polar surface area (TPSA) is 142 Å². The molecule has 0 bridgehead atoms. The van der Waals surface area contributed by atoms with Gasteiger partial charge in [-0.05, 0) is 42.2 Å². The van der Waals surface area contributed by atoms with Crippen molar-refractivity contribution in [2.45, 2.75) is 30.8 Å². The fourth-order valence-electron chi connectivity index (χ4n) is 3.37. The number of aromatic amines is 1. The molecule has 29 heavy (non-hydrogen) atoms. The molecule has 4 rings (SSSR count). The highest BCUT2D eigenvalue weighted by Gasteiger charge is 2.22. The van der Waals surface area contributed by atoms with Crippen LogP contribution in [0.2, 0.25) is 0 Å². The van der Waals surface area contributed by atoms with Gasteiger partial charge in [-0.2, -0.15) is 0 Å². The number of anilines is 1. The van der Waals surface area contributed by atoms with Crippen molar-refractivity contribution in [1.29, 1.82) is 0 Å². The number of H-pyrrole nitrogens is 1. The Morgan fingerprint density at radius 2 is 2.00 bits per heavy atom. The Kier molecular flexibility index (Phi) is 4.77. The summed E-state index contributed by atoms with van der Waals surface area (Å²) in [6.45, 7) is 1.37. The van der Waals surface area contributed by atoms with Gasteiger partial charge in [0.2, 0.25) is 15.9 Å². The Morgan fingerprint density at radius 3 is 2.79 bits per heavy atom. The summed E-state index contributed by atoms with van der Waals surface area (Å²) in [5, 5.41) is 13.2. The zero-order valence-corrected chi connectivity index (χ0v) is 16.3. The van der Waals surface area contributed by atoms with Gasteiger partial charge < -0.3 is 14.8 Å². The highest BCUT2D eigenvalue weighted by molar-refractivity contribution is 7.89. The number of benzene rings is 2. The van der Waals surface area contributed by atoms with Gasteiger partial charge in [0.05, 0.1) is 16.5 Å². The molecule has 2 heterocycles. The van der Waals surface area contributed by atoms with E-state index in [4.69, 9.17) is 4.42 Å². The van der Waals surface area contributed by atoms with Crippen LogP contribution in [0.25, 0.3) is 11.1 Å². The van der Waals surface area contributed by atoms with Crippen LogP contribution in [0, 0.1) is 6.92 Å². The molecule has 0 saturated carbocycles. The van der Waals surface area contributed by atoms with Crippen LogP contribution in [-0.2, 0) is 21.2 Å². The number of carbonyl (C=O) groups excluding carboxylic acids is 1. The molecular weight excluding hydrogens is 398 g/mol. The monoisotopic (exact) mass is 417 g/mol. The largest absolute Gasteiger partial charge is 0.417 e. The van der Waals surface area contributed by atoms with Crippen LogP contribution in [-0.4, -0.2) is 31.0 Å². The van der Waals surface area contributed by atoms with Gasteiger partial charge in [0.15, 0.2) is 5.58 Å². The summed E-state index contributed by atoms with van der Waals surface area (Å²) in [7, 11) is -3.94. The van der Waals surface area contributed by atoms with Crippen molar-refractivity contribution in [3.05, 3.63) is 57.6 Å². The molecule has 1 aliphatic heterocycles. The normalized spacial score (nSPS) is 15.2. The first-order chi connectivity index (χ1) is 13.7. The summed E-state index contributed by atoms with van der Waals surface area (Å²) < 4.78 is 32.7. The average molecular weight is 417 g/mol. The molecule has 9 nitrogen and oxygen atoms in total. The molecule has 2 aromatic carbocycles. The van der Waals surface area contributed by atoms with Crippen LogP contribution in [0.4, 0.5) is 5.69 Å². The van der Waals surface area contributed by atoms with E-state index in [1.807, 2.05) is 0 Å². The lowest BCUT2D eigenvalue weighted by molar-refractivity contribution is -0.116. The second kappa shape index (κ2) is 7.14. The molecule has 10 heteroatoms. The predicted octanol–water partition coefficient (Wildman–Crippen LogP) is 1.33. The van der Waals surface area contributed by atoms with Crippen LogP contribution in [0.1, 0.15) is 29.2 Å². The van der Waals surface area contributed by atoms with E-state index in [0.717, 1.165) is 5.56 Å². The number of aliphatic hydroxyl groups excluding tert-OH is 1. The summed E-state index contributed by atoms with van der Waals surface area (Å²) in [5.41, 5.74) is 3.13. The van der Waals surface area contributed by atoms with E-state index >= 15 is 0 Å². The molecule has 1 amide bonds. The summed E-state index contributed by atoms with van der Waals surface area (Å²) >= 11 is 0. The minimum Gasteiger partial charge on any atom is -0.408 e. The molecule has 0 fully saturated rings. The van der Waals surface area contributed by atoms with E-state index in [9.17, 15) is 23.1 Å². The van der Waals surface area contributed by atoms with Crippen molar-refractivity contribution in [2.75, 3.05) is 11.9 Å². The Morgan fingerprint density at radius 1 is 1.21 bits per heavy atom. The molecule has 0 radical (unpaired) electrons. The van der Waals surface area contributed by atoms with Crippen molar-refractivity contribution in [3.8, 4) is 0 Å². The standard InChI is InChI=1S/C19H19N3O6S/c1-10-6-14-16(28-19(25)22-14)8-17(10)29(26,27)20-9-15(23)12-2-4-13-11(7-12)3-5-18(24)21-13/h2,4,6-8,15,20,23H,3,5,9H2,1H3,(H,21,24)(H,22,25)/t15-/m0/s1. The van der Waals surface area contributed by atoms with Crippen molar-refractivity contribution >= 4 is 32.7 Å². The Bertz CT molecular complexity index is 1270. The first kappa shape index (κ1) is 19.4. The zero-order valence-electron chi connectivity index (χ0n) is 15.5. The maximum atomic E-state index is 12.7. The van der Waals surface area contributed by atoms with E-state index in [2.05, 4.69) is 15.0 Å². The second-order valence-corrected chi connectivity index (χ2v) is 8.70. The summed E-state index contributed by atoms with van der Waals surface area (Å²) in [6.07, 6.45) is -0.132. The van der Waals surface area contributed by atoms with Gasteiger partial charge in [0.25, 0.3) is 0 Å². The fraction of sp³-hybridized carbons (Fsp3) is 0.263. The van der Waals surface area contributed by atoms with Crippen molar-refractivity contribution in [2.24, 2.45) is 0 Å². The second-order valence-electron chi connectivity index (χ2n) is 6.96. The molecule has 3 aromatic rings. The number of aryl methyl sites for hydroxylation is 2. The third-order valence-electron chi connectivity index (χ3n) is 4.88. The number of amides is 1. The highest BCUT2D eigenvalue weighted by atomic mass is 32.2. The van der Waals surface area contributed by atoms with E-state index in [1.54, 1.807) is 25.1 Å². The van der Waals surface area contributed by atoms with Gasteiger partial charge in [-0.1, -0.05) is 12.1 Å². The van der Waals surface area contributed by atoms with Crippen molar-refractivity contribution in [1.82, 2.24) is 9.71 Å². The fourth-order valence-corrected chi connectivity index (χ4v) is 4.65. The number of hydrogen-bond donors (Lipinski definition) is 4. The molecule has 0 saturated heterocycles. The maximum Gasteiger partial charge on any atom is 0.417 e. The number of carbonyl (C=O) groups is 1. The number of rotatable bonds is 5. The van der Waals surface area contributed by atoms with Gasteiger partial charge in [-0.3, -0.25) is 9.78 Å². The third-order valence-corrected chi connectivity index (χ3v) is 6.45. The number of aliphatic hydroxyl groups is 1. The van der Waals surface area contributed by atoms with Gasteiger partial charge in [0, 0.05) is 24.7 Å². The minimum absolute atomic E-state index is 0.0342. The van der Waals surface area contributed by atoms with Crippen LogP contribution < -0.4 is 15.8 Å². The minimum atomic E-state index is -3.94. The summed E-state index contributed by atoms with van der Waals surface area (Å²) in [4.78, 5) is 25.2. The molecule has 1 aromatic heterocycles. The summed E-state index contributed by atoms with van der Waals surface area (Å²) in [6, 6.07) is 7.90. The lowest BCUT2D eigenvalue weighted by Crippen LogP contribution is -2.29. The van der Waals surface area contributed by atoms with E-state index < -0.39 is 21.9 Å². The number of hydrogen-bond acceptors (Lipinski definition) is 6. The Hall–Kier alpha value is -2.95. The number of nitrogens with one attached hydrogen (secondary N) is 3. The zero-order chi connectivity index (χ0) is 20.8. The number of aromatic nitrogens is 1. The highest BCUT2D eigenvalue weighted by Crippen LogP contribution is 2.26.